The van der Waals surface area contributed by atoms with Gasteiger partial charge >= 0.3 is 0 Å². The van der Waals surface area contributed by atoms with Crippen LogP contribution in [0.1, 0.15) is 11.1 Å². The number of rotatable bonds is 2. The molecule has 0 saturated heterocycles. The number of aromatic hydroxyl groups is 1. The average molecular weight is 165 g/mol. The number of carbonyl (C=O) groups excluding carboxylic acids is 1. The van der Waals surface area contributed by atoms with E-state index < -0.39 is 5.97 Å². The lowest BCUT2D eigenvalue weighted by atomic mass is 10.1. The molecule has 0 radical (unpaired) electrons. The highest BCUT2D eigenvalue weighted by atomic mass is 16.4. The summed E-state index contributed by atoms with van der Waals surface area (Å²) in [6.07, 6.45) is -0.158. The Balaban J connectivity index is 2.93. The molecule has 0 aliphatic rings. The number of carbonyl (C=O) groups is 1. The van der Waals surface area contributed by atoms with Crippen molar-refractivity contribution in [1.82, 2.24) is 0 Å². The SMILES string of the molecule is Cc1cc(O)cc(CC(=O)[O-])c1. The van der Waals surface area contributed by atoms with Crippen LogP contribution in [0.3, 0.4) is 0 Å². The number of carboxylic acid groups (broad SMARTS) is 1. The molecule has 0 atom stereocenters. The molecule has 64 valence electrons. The van der Waals surface area contributed by atoms with Crippen molar-refractivity contribution in [2.75, 3.05) is 0 Å². The van der Waals surface area contributed by atoms with Crippen LogP contribution in [0, 0.1) is 6.92 Å². The van der Waals surface area contributed by atoms with Gasteiger partial charge in [-0.3, -0.25) is 0 Å². The summed E-state index contributed by atoms with van der Waals surface area (Å²) in [5, 5.41) is 19.3. The molecule has 0 spiro atoms. The second-order valence-corrected chi connectivity index (χ2v) is 2.73. The predicted octanol–water partition coefficient (Wildman–Crippen LogP) is -0.00698. The van der Waals surface area contributed by atoms with Gasteiger partial charge in [-0.25, -0.2) is 0 Å². The smallest absolute Gasteiger partial charge is 0.116 e. The van der Waals surface area contributed by atoms with E-state index in [1.807, 2.05) is 0 Å². The minimum Gasteiger partial charge on any atom is -0.550 e. The summed E-state index contributed by atoms with van der Waals surface area (Å²) in [6, 6.07) is 4.69. The Hall–Kier alpha value is -1.51. The predicted molar refractivity (Wildman–Crippen MR) is 41.6 cm³/mol. The number of phenolic OH excluding ortho intramolecular Hbond substituents is 1. The van der Waals surface area contributed by atoms with Crippen molar-refractivity contribution in [2.24, 2.45) is 0 Å². The number of carboxylic acids is 1. The molecule has 0 bridgehead atoms. The highest BCUT2D eigenvalue weighted by Gasteiger charge is 1.97. The maximum absolute atomic E-state index is 10.2. The fourth-order valence-electron chi connectivity index (χ4n) is 1.11. The minimum atomic E-state index is -1.14. The molecule has 1 N–H and O–H groups in total. The maximum Gasteiger partial charge on any atom is 0.116 e. The summed E-state index contributed by atoms with van der Waals surface area (Å²) >= 11 is 0. The van der Waals surface area contributed by atoms with Gasteiger partial charge in [0, 0.05) is 12.4 Å². The molecule has 1 rings (SSSR count). The number of aliphatic carboxylic acids is 1. The highest BCUT2D eigenvalue weighted by molar-refractivity contribution is 5.68. The zero-order valence-corrected chi connectivity index (χ0v) is 6.70. The van der Waals surface area contributed by atoms with Crippen LogP contribution in [0.15, 0.2) is 18.2 Å². The maximum atomic E-state index is 10.2. The van der Waals surface area contributed by atoms with Crippen molar-refractivity contribution in [2.45, 2.75) is 13.3 Å². The van der Waals surface area contributed by atoms with E-state index in [0.717, 1.165) is 5.56 Å². The van der Waals surface area contributed by atoms with E-state index >= 15 is 0 Å². The molecule has 1 aromatic carbocycles. The summed E-state index contributed by atoms with van der Waals surface area (Å²) in [5.74, 6) is -1.05. The number of hydrogen-bond donors (Lipinski definition) is 1. The third-order valence-electron chi connectivity index (χ3n) is 1.47. The van der Waals surface area contributed by atoms with Crippen LogP contribution in [0.25, 0.3) is 0 Å². The van der Waals surface area contributed by atoms with Crippen LogP contribution in [-0.2, 0) is 11.2 Å². The Labute approximate surface area is 70.3 Å². The van der Waals surface area contributed by atoms with Crippen molar-refractivity contribution in [3.05, 3.63) is 29.3 Å². The topological polar surface area (TPSA) is 60.4 Å². The van der Waals surface area contributed by atoms with Gasteiger partial charge in [0.2, 0.25) is 0 Å². The van der Waals surface area contributed by atoms with E-state index in [1.54, 1.807) is 19.1 Å². The van der Waals surface area contributed by atoms with Gasteiger partial charge in [-0.1, -0.05) is 6.07 Å². The quantitative estimate of drug-likeness (QED) is 0.670. The number of benzene rings is 1. The monoisotopic (exact) mass is 165 g/mol. The molecule has 0 heterocycles. The second-order valence-electron chi connectivity index (χ2n) is 2.73. The Bertz CT molecular complexity index is 284. The fourth-order valence-corrected chi connectivity index (χ4v) is 1.11. The van der Waals surface area contributed by atoms with Gasteiger partial charge in [0.05, 0.1) is 0 Å². The lowest BCUT2D eigenvalue weighted by Crippen LogP contribution is -2.24. The van der Waals surface area contributed by atoms with Gasteiger partial charge in [0.15, 0.2) is 0 Å². The van der Waals surface area contributed by atoms with Crippen LogP contribution in [0.4, 0.5) is 0 Å². The number of hydrogen-bond acceptors (Lipinski definition) is 3. The van der Waals surface area contributed by atoms with Crippen LogP contribution < -0.4 is 5.11 Å². The van der Waals surface area contributed by atoms with Gasteiger partial charge in [-0.05, 0) is 30.2 Å². The van der Waals surface area contributed by atoms with Gasteiger partial charge in [-0.2, -0.15) is 0 Å². The van der Waals surface area contributed by atoms with E-state index in [2.05, 4.69) is 0 Å². The number of aryl methyl sites for hydroxylation is 1. The van der Waals surface area contributed by atoms with Crippen LogP contribution in [-0.4, -0.2) is 11.1 Å². The highest BCUT2D eigenvalue weighted by Crippen LogP contribution is 2.14. The van der Waals surface area contributed by atoms with Gasteiger partial charge in [-0.15, -0.1) is 0 Å². The van der Waals surface area contributed by atoms with Crippen LogP contribution >= 0.6 is 0 Å². The van der Waals surface area contributed by atoms with Gasteiger partial charge in [0.25, 0.3) is 0 Å². The van der Waals surface area contributed by atoms with Gasteiger partial charge < -0.3 is 15.0 Å². The molecule has 12 heavy (non-hydrogen) atoms. The first-order valence-corrected chi connectivity index (χ1v) is 3.57. The average Bonchev–Trinajstić information content (AvgIpc) is 1.81. The lowest BCUT2D eigenvalue weighted by molar-refractivity contribution is -0.304. The molecule has 0 amide bonds. The van der Waals surface area contributed by atoms with E-state index in [-0.39, 0.29) is 12.2 Å². The summed E-state index contributed by atoms with van der Waals surface area (Å²) in [7, 11) is 0. The zero-order chi connectivity index (χ0) is 9.14. The molecule has 1 aromatic rings. The van der Waals surface area contributed by atoms with Crippen molar-refractivity contribution in [3.8, 4) is 5.75 Å². The summed E-state index contributed by atoms with van der Waals surface area (Å²) < 4.78 is 0. The third kappa shape index (κ3) is 2.27. The van der Waals surface area contributed by atoms with E-state index in [1.165, 1.54) is 6.07 Å². The summed E-state index contributed by atoms with van der Waals surface area (Å²) in [4.78, 5) is 10.2. The van der Waals surface area contributed by atoms with Crippen molar-refractivity contribution in [1.29, 1.82) is 0 Å². The van der Waals surface area contributed by atoms with E-state index in [0.29, 0.717) is 5.56 Å². The fraction of sp³-hybridized carbons (Fsp3) is 0.222. The van der Waals surface area contributed by atoms with Crippen LogP contribution in [0.5, 0.6) is 5.75 Å². The van der Waals surface area contributed by atoms with Crippen molar-refractivity contribution >= 4 is 5.97 Å². The van der Waals surface area contributed by atoms with E-state index in [9.17, 15) is 9.90 Å². The van der Waals surface area contributed by atoms with Crippen molar-refractivity contribution < 1.29 is 15.0 Å². The normalized spacial score (nSPS) is 9.75. The first-order valence-electron chi connectivity index (χ1n) is 3.57. The Morgan fingerprint density at radius 2 is 2.17 bits per heavy atom. The minimum absolute atomic E-state index is 0.0891. The van der Waals surface area contributed by atoms with E-state index in [4.69, 9.17) is 5.11 Å². The Morgan fingerprint density at radius 1 is 1.50 bits per heavy atom. The number of phenols is 1. The van der Waals surface area contributed by atoms with Gasteiger partial charge in [0.1, 0.15) is 5.75 Å². The zero-order valence-electron chi connectivity index (χ0n) is 6.70. The van der Waals surface area contributed by atoms with Crippen LogP contribution in [0.2, 0.25) is 0 Å². The molecular weight excluding hydrogens is 156 g/mol. The van der Waals surface area contributed by atoms with Crippen molar-refractivity contribution in [3.63, 3.8) is 0 Å². The molecule has 3 heteroatoms. The molecule has 0 unspecified atom stereocenters. The summed E-state index contributed by atoms with van der Waals surface area (Å²) in [6.45, 7) is 1.79. The first kappa shape index (κ1) is 8.59. The largest absolute Gasteiger partial charge is 0.550 e. The third-order valence-corrected chi connectivity index (χ3v) is 1.47. The second kappa shape index (κ2) is 3.26. The molecule has 0 aromatic heterocycles. The molecule has 0 aliphatic carbocycles. The Morgan fingerprint density at radius 3 is 2.67 bits per heavy atom. The Kier molecular flexibility index (Phi) is 2.33. The molecule has 0 saturated carbocycles. The molecular formula is C9H9O3-. The molecule has 0 aliphatic heterocycles. The standard InChI is InChI=1S/C9H10O3/c1-6-2-7(5-9(11)12)4-8(10)3-6/h2-4,10H,5H2,1H3,(H,11,12)/p-1. The first-order chi connectivity index (χ1) is 5.58. The molecule has 0 fully saturated rings. The summed E-state index contributed by atoms with van der Waals surface area (Å²) in [5.41, 5.74) is 1.40. The molecule has 3 nitrogen and oxygen atoms in total. The lowest BCUT2D eigenvalue weighted by Gasteiger charge is -2.04.